The zero-order valence-corrected chi connectivity index (χ0v) is 10.1. The van der Waals surface area contributed by atoms with E-state index in [-0.39, 0.29) is 0 Å². The van der Waals surface area contributed by atoms with Crippen molar-refractivity contribution < 1.29 is 19.8 Å². The number of carboxylic acid groups (broad SMARTS) is 1. The Morgan fingerprint density at radius 1 is 1.39 bits per heavy atom. The summed E-state index contributed by atoms with van der Waals surface area (Å²) in [6.07, 6.45) is 1.12. The van der Waals surface area contributed by atoms with Gasteiger partial charge in [-0.3, -0.25) is 9.63 Å². The van der Waals surface area contributed by atoms with Gasteiger partial charge in [-0.1, -0.05) is 30.3 Å². The number of carbonyl (C=O) groups is 1. The number of hydrogen-bond donors (Lipinski definition) is 2. The summed E-state index contributed by atoms with van der Waals surface area (Å²) >= 11 is 0. The van der Waals surface area contributed by atoms with Crippen molar-refractivity contribution >= 4 is 5.97 Å². The van der Waals surface area contributed by atoms with E-state index in [0.717, 1.165) is 5.56 Å². The Labute approximate surface area is 106 Å². The summed E-state index contributed by atoms with van der Waals surface area (Å²) in [5.74, 6) is -1.03. The van der Waals surface area contributed by atoms with Crippen molar-refractivity contribution in [3.8, 4) is 0 Å². The summed E-state index contributed by atoms with van der Waals surface area (Å²) in [5, 5.41) is 20.0. The number of aliphatic hydroxyl groups is 1. The fourth-order valence-electron chi connectivity index (χ4n) is 2.21. The Hall–Kier alpha value is -1.43. The number of carboxylic acids is 1. The summed E-state index contributed by atoms with van der Waals surface area (Å²) in [7, 11) is 0. The van der Waals surface area contributed by atoms with Crippen molar-refractivity contribution in [3.05, 3.63) is 35.9 Å². The Bertz CT molecular complexity index is 409. The lowest BCUT2D eigenvalue weighted by atomic mass is 9.99. The van der Waals surface area contributed by atoms with Crippen LogP contribution in [0, 0.1) is 0 Å². The third-order valence-electron chi connectivity index (χ3n) is 3.32. The molecule has 1 aromatic rings. The largest absolute Gasteiger partial charge is 0.480 e. The zero-order chi connectivity index (χ0) is 13.0. The van der Waals surface area contributed by atoms with E-state index in [1.54, 1.807) is 0 Å². The highest BCUT2D eigenvalue weighted by atomic mass is 16.7. The third kappa shape index (κ3) is 2.38. The smallest absolute Gasteiger partial charge is 0.328 e. The maximum Gasteiger partial charge on any atom is 0.328 e. The highest BCUT2D eigenvalue weighted by Gasteiger charge is 2.48. The van der Waals surface area contributed by atoms with Crippen molar-refractivity contribution in [2.45, 2.75) is 25.0 Å². The molecule has 1 fully saturated rings. The number of hydrogen-bond acceptors (Lipinski definition) is 4. The van der Waals surface area contributed by atoms with Gasteiger partial charge in [-0.25, -0.2) is 0 Å². The second-order valence-electron chi connectivity index (χ2n) is 4.46. The Balaban J connectivity index is 2.02. The molecule has 0 saturated carbocycles. The van der Waals surface area contributed by atoms with E-state index in [1.165, 1.54) is 5.06 Å². The van der Waals surface area contributed by atoms with Gasteiger partial charge < -0.3 is 10.2 Å². The fourth-order valence-corrected chi connectivity index (χ4v) is 2.21. The Morgan fingerprint density at radius 2 is 2.11 bits per heavy atom. The fraction of sp³-hybridized carbons (Fsp3) is 0.462. The second-order valence-corrected chi connectivity index (χ2v) is 4.46. The standard InChI is InChI=1S/C13H17NO4/c15-10-13(12(16)17)7-4-8-14(13)18-9-11-5-2-1-3-6-11/h1-3,5-6,15H,4,7-10H2,(H,16,17)/t13-/m0/s1. The number of rotatable bonds is 5. The lowest BCUT2D eigenvalue weighted by molar-refractivity contribution is -0.228. The average Bonchev–Trinajstić information content (AvgIpc) is 2.81. The zero-order valence-electron chi connectivity index (χ0n) is 10.1. The SMILES string of the molecule is O=C(O)[C@@]1(CO)CCCN1OCc1ccccc1. The maximum atomic E-state index is 11.3. The Kier molecular flexibility index (Phi) is 3.96. The molecule has 0 spiro atoms. The number of hydroxylamine groups is 2. The van der Waals surface area contributed by atoms with Crippen LogP contribution in [0.25, 0.3) is 0 Å². The molecule has 0 amide bonds. The molecule has 1 saturated heterocycles. The van der Waals surface area contributed by atoms with Gasteiger partial charge in [0.15, 0.2) is 5.54 Å². The molecule has 0 aromatic heterocycles. The first-order valence-electron chi connectivity index (χ1n) is 5.98. The monoisotopic (exact) mass is 251 g/mol. The minimum absolute atomic E-state index is 0.315. The normalized spacial score (nSPS) is 24.3. The van der Waals surface area contributed by atoms with Gasteiger partial charge in [0.25, 0.3) is 0 Å². The predicted octanol–water partition coefficient (Wildman–Crippen LogP) is 1.03. The van der Waals surface area contributed by atoms with E-state index in [9.17, 15) is 15.0 Å². The number of nitrogens with zero attached hydrogens (tertiary/aromatic N) is 1. The van der Waals surface area contributed by atoms with Gasteiger partial charge in [0.2, 0.25) is 0 Å². The minimum atomic E-state index is -1.28. The van der Waals surface area contributed by atoms with Crippen molar-refractivity contribution in [1.82, 2.24) is 5.06 Å². The first-order chi connectivity index (χ1) is 8.69. The van der Waals surface area contributed by atoms with Crippen molar-refractivity contribution in [2.24, 2.45) is 0 Å². The third-order valence-corrected chi connectivity index (χ3v) is 3.32. The molecule has 5 heteroatoms. The van der Waals surface area contributed by atoms with E-state index in [4.69, 9.17) is 4.84 Å². The van der Waals surface area contributed by atoms with Crippen molar-refractivity contribution in [3.63, 3.8) is 0 Å². The van der Waals surface area contributed by atoms with Crippen LogP contribution in [0.15, 0.2) is 30.3 Å². The molecule has 1 aliphatic rings. The second kappa shape index (κ2) is 5.48. The lowest BCUT2D eigenvalue weighted by Gasteiger charge is -2.31. The van der Waals surface area contributed by atoms with Crippen LogP contribution in [0.2, 0.25) is 0 Å². The summed E-state index contributed by atoms with van der Waals surface area (Å²) in [4.78, 5) is 16.8. The van der Waals surface area contributed by atoms with Crippen LogP contribution in [0.1, 0.15) is 18.4 Å². The van der Waals surface area contributed by atoms with Gasteiger partial charge in [0.1, 0.15) is 0 Å². The number of aliphatic carboxylic acids is 1. The van der Waals surface area contributed by atoms with E-state index >= 15 is 0 Å². The Morgan fingerprint density at radius 3 is 2.72 bits per heavy atom. The van der Waals surface area contributed by atoms with Gasteiger partial charge in [-0.15, -0.1) is 0 Å². The molecule has 0 aliphatic carbocycles. The molecule has 0 bridgehead atoms. The van der Waals surface area contributed by atoms with Crippen LogP contribution in [0.5, 0.6) is 0 Å². The lowest BCUT2D eigenvalue weighted by Crippen LogP contribution is -2.53. The predicted molar refractivity (Wildman–Crippen MR) is 64.6 cm³/mol. The first-order valence-corrected chi connectivity index (χ1v) is 5.98. The molecule has 0 radical (unpaired) electrons. The molecule has 1 aromatic carbocycles. The van der Waals surface area contributed by atoms with Crippen LogP contribution in [0.4, 0.5) is 0 Å². The molecule has 1 aliphatic heterocycles. The first kappa shape index (κ1) is 13.0. The number of aliphatic hydroxyl groups excluding tert-OH is 1. The highest BCUT2D eigenvalue weighted by molar-refractivity contribution is 5.79. The van der Waals surface area contributed by atoms with Crippen molar-refractivity contribution in [2.75, 3.05) is 13.2 Å². The summed E-state index contributed by atoms with van der Waals surface area (Å²) in [6, 6.07) is 9.54. The highest BCUT2D eigenvalue weighted by Crippen LogP contribution is 2.30. The van der Waals surface area contributed by atoms with Crippen LogP contribution in [-0.2, 0) is 16.2 Å². The topological polar surface area (TPSA) is 70.0 Å². The molecule has 18 heavy (non-hydrogen) atoms. The van der Waals surface area contributed by atoms with E-state index in [0.29, 0.717) is 26.0 Å². The summed E-state index contributed by atoms with van der Waals surface area (Å²) < 4.78 is 0. The molecule has 0 unspecified atom stereocenters. The molecule has 98 valence electrons. The van der Waals surface area contributed by atoms with Crippen LogP contribution >= 0.6 is 0 Å². The van der Waals surface area contributed by atoms with E-state index < -0.39 is 18.1 Å². The minimum Gasteiger partial charge on any atom is -0.480 e. The summed E-state index contributed by atoms with van der Waals surface area (Å²) in [6.45, 7) is 0.409. The molecular weight excluding hydrogens is 234 g/mol. The van der Waals surface area contributed by atoms with Gasteiger partial charge in [0, 0.05) is 6.54 Å². The van der Waals surface area contributed by atoms with Gasteiger partial charge in [-0.2, -0.15) is 5.06 Å². The molecule has 5 nitrogen and oxygen atoms in total. The van der Waals surface area contributed by atoms with Gasteiger partial charge >= 0.3 is 5.97 Å². The molecule has 2 N–H and O–H groups in total. The molecular formula is C13H17NO4. The van der Waals surface area contributed by atoms with Gasteiger partial charge in [-0.05, 0) is 18.4 Å². The van der Waals surface area contributed by atoms with E-state index in [2.05, 4.69) is 0 Å². The molecule has 1 heterocycles. The van der Waals surface area contributed by atoms with Crippen molar-refractivity contribution in [1.29, 1.82) is 0 Å². The maximum absolute atomic E-state index is 11.3. The average molecular weight is 251 g/mol. The van der Waals surface area contributed by atoms with E-state index in [1.807, 2.05) is 30.3 Å². The van der Waals surface area contributed by atoms with Crippen LogP contribution < -0.4 is 0 Å². The molecule has 2 rings (SSSR count). The summed E-state index contributed by atoms with van der Waals surface area (Å²) in [5.41, 5.74) is -0.309. The van der Waals surface area contributed by atoms with Crippen LogP contribution in [0.3, 0.4) is 0 Å². The van der Waals surface area contributed by atoms with Crippen LogP contribution in [-0.4, -0.2) is 39.9 Å². The quantitative estimate of drug-likeness (QED) is 0.818. The number of benzene rings is 1. The van der Waals surface area contributed by atoms with Gasteiger partial charge in [0.05, 0.1) is 13.2 Å². The molecule has 1 atom stereocenters.